The summed E-state index contributed by atoms with van der Waals surface area (Å²) in [5.41, 5.74) is 0.111. The number of carboxylic acid groups (broad SMARTS) is 1. The topological polar surface area (TPSA) is 157 Å². The Bertz CT molecular complexity index is 882. The van der Waals surface area contributed by atoms with E-state index >= 15 is 0 Å². The SMILES string of the molecule is C[C@H](CCC(=O)O)[C@H]1CC[C@H]2[C@@H]3C[C@H](O[C@@H]4O[C@H](CO)[C@@H](O)[C@H](O)[C@H]4O)[C@@H]4C[C@H](O)CC[C@]4(C)[C@H]3CC[C@]12C. The van der Waals surface area contributed by atoms with Crippen molar-refractivity contribution in [1.82, 2.24) is 0 Å². The highest BCUT2D eigenvalue weighted by molar-refractivity contribution is 5.66. The monoisotopic (exact) mass is 554 g/mol. The van der Waals surface area contributed by atoms with Gasteiger partial charge in [-0.2, -0.15) is 0 Å². The minimum absolute atomic E-state index is 0.0325. The molecule has 5 rings (SSSR count). The van der Waals surface area contributed by atoms with Gasteiger partial charge in [0, 0.05) is 6.42 Å². The van der Waals surface area contributed by atoms with E-state index < -0.39 is 49.4 Å². The smallest absolute Gasteiger partial charge is 0.303 e. The van der Waals surface area contributed by atoms with Gasteiger partial charge in [0.25, 0.3) is 0 Å². The predicted octanol–water partition coefficient (Wildman–Crippen LogP) is 2.30. The number of carboxylic acids is 1. The lowest BCUT2D eigenvalue weighted by molar-refractivity contribution is -0.328. The second kappa shape index (κ2) is 11.1. The van der Waals surface area contributed by atoms with Crippen molar-refractivity contribution in [2.24, 2.45) is 46.3 Å². The van der Waals surface area contributed by atoms with E-state index in [0.29, 0.717) is 42.4 Å². The van der Waals surface area contributed by atoms with Crippen LogP contribution in [0.4, 0.5) is 0 Å². The summed E-state index contributed by atoms with van der Waals surface area (Å²) in [7, 11) is 0. The molecule has 15 atom stereocenters. The van der Waals surface area contributed by atoms with Crippen LogP contribution in [0.1, 0.15) is 85.0 Å². The third kappa shape index (κ3) is 5.08. The molecule has 6 N–H and O–H groups in total. The Morgan fingerprint density at radius 3 is 2.31 bits per heavy atom. The predicted molar refractivity (Wildman–Crippen MR) is 141 cm³/mol. The Morgan fingerprint density at radius 2 is 1.62 bits per heavy atom. The third-order valence-electron chi connectivity index (χ3n) is 12.4. The van der Waals surface area contributed by atoms with Crippen molar-refractivity contribution in [2.45, 2.75) is 128 Å². The second-order valence-corrected chi connectivity index (χ2v) is 14.2. The van der Waals surface area contributed by atoms with E-state index in [0.717, 1.165) is 44.9 Å². The summed E-state index contributed by atoms with van der Waals surface area (Å²) in [6, 6.07) is 0. The van der Waals surface area contributed by atoms with Crippen molar-refractivity contribution < 1.29 is 44.9 Å². The summed E-state index contributed by atoms with van der Waals surface area (Å²) in [5, 5.41) is 61.0. The fourth-order valence-electron chi connectivity index (χ4n) is 10.3. The molecule has 0 radical (unpaired) electrons. The number of carbonyl (C=O) groups is 1. The molecule has 4 aliphatic carbocycles. The molecular formula is C30H50O9. The molecule has 1 saturated heterocycles. The van der Waals surface area contributed by atoms with E-state index in [1.807, 2.05) is 0 Å². The standard InChI is InChI=1S/C30H50O9/c1-15(4-7-24(33)34)18-5-6-19-17-13-22(38-28-27(37)26(36)25(35)23(14-31)39-28)21-12-16(32)8-10-30(21,3)20(17)9-11-29(18,19)2/h15-23,25-28,31-32,35-37H,4-14H2,1-3H3,(H,33,34)/t15-,16-,17+,18-,19+,20+,21+,22+,23-,25-,26+,27-,28-,29-,30-/m1/s1. The molecule has 9 nitrogen and oxygen atoms in total. The van der Waals surface area contributed by atoms with Crippen molar-refractivity contribution in [2.75, 3.05) is 6.61 Å². The molecule has 0 aromatic rings. The normalized spacial score (nSPS) is 52.4. The maximum atomic E-state index is 11.3. The minimum Gasteiger partial charge on any atom is -0.481 e. The molecule has 0 aromatic heterocycles. The molecule has 0 unspecified atom stereocenters. The van der Waals surface area contributed by atoms with E-state index in [-0.39, 0.29) is 29.3 Å². The van der Waals surface area contributed by atoms with Crippen LogP contribution in [0.25, 0.3) is 0 Å². The van der Waals surface area contributed by atoms with E-state index in [2.05, 4.69) is 20.8 Å². The summed E-state index contributed by atoms with van der Waals surface area (Å²) in [5.74, 6) is 1.61. The van der Waals surface area contributed by atoms with Gasteiger partial charge in [0.05, 0.1) is 18.8 Å². The van der Waals surface area contributed by atoms with Gasteiger partial charge in [-0.05, 0) is 104 Å². The third-order valence-corrected chi connectivity index (χ3v) is 12.4. The highest BCUT2D eigenvalue weighted by Gasteiger charge is 2.63. The molecule has 1 heterocycles. The number of hydrogen-bond donors (Lipinski definition) is 6. The van der Waals surface area contributed by atoms with Crippen LogP contribution in [0, 0.1) is 46.3 Å². The quantitative estimate of drug-likeness (QED) is 0.260. The first-order valence-corrected chi connectivity index (χ1v) is 15.3. The fourth-order valence-corrected chi connectivity index (χ4v) is 10.3. The Labute approximate surface area is 231 Å². The van der Waals surface area contributed by atoms with Crippen molar-refractivity contribution in [1.29, 1.82) is 0 Å². The summed E-state index contributed by atoms with van der Waals surface area (Å²) in [6.45, 7) is 6.50. The molecule has 9 heteroatoms. The Kier molecular flexibility index (Phi) is 8.46. The molecule has 39 heavy (non-hydrogen) atoms. The van der Waals surface area contributed by atoms with Crippen LogP contribution in [0.15, 0.2) is 0 Å². The van der Waals surface area contributed by atoms with Crippen LogP contribution in [-0.2, 0) is 14.3 Å². The molecule has 5 aliphatic rings. The molecule has 5 fully saturated rings. The zero-order valence-corrected chi connectivity index (χ0v) is 23.7. The summed E-state index contributed by atoms with van der Waals surface area (Å²) < 4.78 is 12.3. The molecule has 0 bridgehead atoms. The molecule has 224 valence electrons. The van der Waals surface area contributed by atoms with Crippen molar-refractivity contribution in [3.8, 4) is 0 Å². The van der Waals surface area contributed by atoms with Crippen molar-refractivity contribution >= 4 is 5.97 Å². The molecule has 0 amide bonds. The fraction of sp³-hybridized carbons (Fsp3) is 0.967. The van der Waals surface area contributed by atoms with Gasteiger partial charge in [-0.3, -0.25) is 4.79 Å². The average Bonchev–Trinajstić information content (AvgIpc) is 3.25. The summed E-state index contributed by atoms with van der Waals surface area (Å²) in [6.07, 6.45) is 1.25. The highest BCUT2D eigenvalue weighted by Crippen LogP contribution is 2.68. The van der Waals surface area contributed by atoms with Gasteiger partial charge in [-0.25, -0.2) is 0 Å². The number of rotatable bonds is 7. The zero-order chi connectivity index (χ0) is 28.3. The lowest BCUT2D eigenvalue weighted by atomic mass is 9.43. The van der Waals surface area contributed by atoms with Crippen molar-refractivity contribution in [3.05, 3.63) is 0 Å². The lowest BCUT2D eigenvalue weighted by Crippen LogP contribution is -2.62. The van der Waals surface area contributed by atoms with Crippen LogP contribution < -0.4 is 0 Å². The van der Waals surface area contributed by atoms with Crippen LogP contribution in [-0.4, -0.2) is 86.1 Å². The van der Waals surface area contributed by atoms with Gasteiger partial charge in [0.2, 0.25) is 0 Å². The lowest BCUT2D eigenvalue weighted by Gasteiger charge is -2.63. The van der Waals surface area contributed by atoms with Gasteiger partial charge in [-0.1, -0.05) is 20.8 Å². The molecule has 4 saturated carbocycles. The Morgan fingerprint density at radius 1 is 0.923 bits per heavy atom. The minimum atomic E-state index is -1.48. The van der Waals surface area contributed by atoms with E-state index in [1.54, 1.807) is 0 Å². The molecular weight excluding hydrogens is 504 g/mol. The van der Waals surface area contributed by atoms with Crippen LogP contribution in [0.5, 0.6) is 0 Å². The number of aliphatic carboxylic acids is 1. The number of fused-ring (bicyclic) bond motifs is 5. The first-order chi connectivity index (χ1) is 18.4. The maximum absolute atomic E-state index is 11.3. The summed E-state index contributed by atoms with van der Waals surface area (Å²) in [4.78, 5) is 11.3. The highest BCUT2D eigenvalue weighted by atomic mass is 16.7. The zero-order valence-electron chi connectivity index (χ0n) is 23.7. The average molecular weight is 555 g/mol. The van der Waals surface area contributed by atoms with Crippen LogP contribution >= 0.6 is 0 Å². The molecule has 0 aromatic carbocycles. The largest absolute Gasteiger partial charge is 0.481 e. The molecule has 0 spiro atoms. The second-order valence-electron chi connectivity index (χ2n) is 14.2. The van der Waals surface area contributed by atoms with Gasteiger partial charge < -0.3 is 40.1 Å². The first kappa shape index (κ1) is 29.7. The Balaban J connectivity index is 1.40. The Hall–Kier alpha value is -0.810. The van der Waals surface area contributed by atoms with Gasteiger partial charge in [0.15, 0.2) is 6.29 Å². The van der Waals surface area contributed by atoms with E-state index in [9.17, 15) is 35.4 Å². The van der Waals surface area contributed by atoms with Crippen molar-refractivity contribution in [3.63, 3.8) is 0 Å². The number of aliphatic hydroxyl groups is 5. The number of hydrogen-bond acceptors (Lipinski definition) is 8. The number of aliphatic hydroxyl groups excluding tert-OH is 5. The van der Waals surface area contributed by atoms with Gasteiger partial charge >= 0.3 is 5.97 Å². The van der Waals surface area contributed by atoms with Crippen LogP contribution in [0.2, 0.25) is 0 Å². The summed E-state index contributed by atoms with van der Waals surface area (Å²) >= 11 is 0. The van der Waals surface area contributed by atoms with Gasteiger partial charge in [-0.15, -0.1) is 0 Å². The van der Waals surface area contributed by atoms with Gasteiger partial charge in [0.1, 0.15) is 24.4 Å². The maximum Gasteiger partial charge on any atom is 0.303 e. The van der Waals surface area contributed by atoms with E-state index in [1.165, 1.54) is 0 Å². The van der Waals surface area contributed by atoms with Crippen LogP contribution in [0.3, 0.4) is 0 Å². The first-order valence-electron chi connectivity index (χ1n) is 15.3. The van der Waals surface area contributed by atoms with E-state index in [4.69, 9.17) is 9.47 Å². The molecule has 1 aliphatic heterocycles. The number of ether oxygens (including phenoxy) is 2.